The summed E-state index contributed by atoms with van der Waals surface area (Å²) in [7, 11) is 1.82. The summed E-state index contributed by atoms with van der Waals surface area (Å²) < 4.78 is 6.73. The quantitative estimate of drug-likeness (QED) is 0.855. The third-order valence-electron chi connectivity index (χ3n) is 4.16. The minimum Gasteiger partial charge on any atom is -0.380 e. The van der Waals surface area contributed by atoms with Crippen molar-refractivity contribution in [2.75, 3.05) is 12.4 Å². The zero-order valence-corrected chi connectivity index (χ0v) is 13.3. The van der Waals surface area contributed by atoms with E-state index >= 15 is 0 Å². The Morgan fingerprint density at radius 3 is 2.65 bits per heavy atom. The van der Waals surface area contributed by atoms with Gasteiger partial charge in [0.15, 0.2) is 0 Å². The van der Waals surface area contributed by atoms with E-state index in [0.29, 0.717) is 12.1 Å². The van der Waals surface area contributed by atoms with E-state index < -0.39 is 0 Å². The average Bonchev–Trinajstić information content (AvgIpc) is 2.48. The lowest BCUT2D eigenvalue weighted by atomic mass is 9.92. The first-order valence-electron chi connectivity index (χ1n) is 7.25. The zero-order valence-electron chi connectivity index (χ0n) is 11.7. The molecule has 2 unspecified atom stereocenters. The van der Waals surface area contributed by atoms with Crippen molar-refractivity contribution in [3.05, 3.63) is 40.9 Å². The molecule has 2 nitrogen and oxygen atoms in total. The van der Waals surface area contributed by atoms with Crippen molar-refractivity contribution in [2.45, 2.75) is 37.8 Å². The first-order valence-corrected chi connectivity index (χ1v) is 8.04. The van der Waals surface area contributed by atoms with Crippen LogP contribution < -0.4 is 5.32 Å². The van der Waals surface area contributed by atoms with Crippen molar-refractivity contribution in [1.29, 1.82) is 0 Å². The molecule has 1 aliphatic rings. The van der Waals surface area contributed by atoms with Crippen LogP contribution in [-0.2, 0) is 4.74 Å². The highest BCUT2D eigenvalue weighted by Gasteiger charge is 2.24. The molecule has 3 heteroatoms. The molecule has 3 rings (SSSR count). The van der Waals surface area contributed by atoms with Gasteiger partial charge in [0.05, 0.1) is 12.1 Å². The fourth-order valence-corrected chi connectivity index (χ4v) is 3.44. The van der Waals surface area contributed by atoms with Crippen LogP contribution in [0.25, 0.3) is 10.8 Å². The first kappa shape index (κ1) is 13.9. The Morgan fingerprint density at radius 2 is 1.80 bits per heavy atom. The van der Waals surface area contributed by atoms with E-state index in [-0.39, 0.29) is 0 Å². The van der Waals surface area contributed by atoms with Crippen molar-refractivity contribution >= 4 is 32.4 Å². The summed E-state index contributed by atoms with van der Waals surface area (Å²) >= 11 is 3.52. The fraction of sp³-hybridized carbons (Fsp3) is 0.412. The van der Waals surface area contributed by atoms with Gasteiger partial charge in [-0.1, -0.05) is 40.9 Å². The molecule has 2 atom stereocenters. The van der Waals surface area contributed by atoms with E-state index in [1.54, 1.807) is 0 Å². The predicted octanol–water partition coefficient (Wildman–Crippen LogP) is 4.97. The Labute approximate surface area is 128 Å². The molecule has 0 saturated heterocycles. The van der Waals surface area contributed by atoms with E-state index in [4.69, 9.17) is 4.74 Å². The topological polar surface area (TPSA) is 21.3 Å². The lowest BCUT2D eigenvalue weighted by molar-refractivity contribution is 0.0606. The molecule has 0 aromatic heterocycles. The Morgan fingerprint density at radius 1 is 1.05 bits per heavy atom. The third kappa shape index (κ3) is 2.99. The second kappa shape index (κ2) is 6.15. The Balaban J connectivity index is 1.81. The molecule has 1 fully saturated rings. The molecule has 0 aliphatic heterocycles. The van der Waals surface area contributed by atoms with Gasteiger partial charge in [-0.2, -0.15) is 0 Å². The highest BCUT2D eigenvalue weighted by atomic mass is 79.9. The van der Waals surface area contributed by atoms with Crippen LogP contribution in [-0.4, -0.2) is 19.3 Å². The molecule has 0 bridgehead atoms. The van der Waals surface area contributed by atoms with Crippen LogP contribution in [0.1, 0.15) is 25.7 Å². The molecule has 2 aromatic carbocycles. The number of rotatable bonds is 3. The summed E-state index contributed by atoms with van der Waals surface area (Å²) in [5.74, 6) is 0. The maximum atomic E-state index is 5.61. The molecule has 0 radical (unpaired) electrons. The van der Waals surface area contributed by atoms with Crippen molar-refractivity contribution in [3.63, 3.8) is 0 Å². The molecule has 2 aromatic rings. The summed E-state index contributed by atoms with van der Waals surface area (Å²) in [6, 6.07) is 13.4. The summed E-state index contributed by atoms with van der Waals surface area (Å²) in [6.07, 6.45) is 5.26. The van der Waals surface area contributed by atoms with Crippen LogP contribution in [0.15, 0.2) is 40.9 Å². The van der Waals surface area contributed by atoms with Crippen LogP contribution in [0.2, 0.25) is 0 Å². The summed E-state index contributed by atoms with van der Waals surface area (Å²) in [4.78, 5) is 0. The second-order valence-corrected chi connectivity index (χ2v) is 6.43. The number of ether oxygens (including phenoxy) is 1. The monoisotopic (exact) mass is 333 g/mol. The van der Waals surface area contributed by atoms with Crippen molar-refractivity contribution in [3.8, 4) is 0 Å². The molecule has 0 heterocycles. The van der Waals surface area contributed by atoms with Gasteiger partial charge in [0, 0.05) is 17.3 Å². The SMILES string of the molecule is COC1CCCCC1Nc1ccc2cc(Br)ccc2c1. The minimum absolute atomic E-state index is 0.337. The van der Waals surface area contributed by atoms with Gasteiger partial charge in [-0.05, 0) is 47.9 Å². The summed E-state index contributed by atoms with van der Waals surface area (Å²) in [5, 5.41) is 6.18. The number of nitrogens with one attached hydrogen (secondary N) is 1. The van der Waals surface area contributed by atoms with Crippen molar-refractivity contribution in [1.82, 2.24) is 0 Å². The minimum atomic E-state index is 0.337. The molecule has 1 saturated carbocycles. The van der Waals surface area contributed by atoms with Gasteiger partial charge in [0.1, 0.15) is 0 Å². The summed E-state index contributed by atoms with van der Waals surface area (Å²) in [6.45, 7) is 0. The van der Waals surface area contributed by atoms with E-state index in [1.807, 2.05) is 7.11 Å². The van der Waals surface area contributed by atoms with Gasteiger partial charge < -0.3 is 10.1 Å². The van der Waals surface area contributed by atoms with Gasteiger partial charge in [-0.25, -0.2) is 0 Å². The Bertz CT molecular complexity index is 599. The van der Waals surface area contributed by atoms with Crippen LogP contribution >= 0.6 is 15.9 Å². The van der Waals surface area contributed by atoms with Crippen LogP contribution in [0.3, 0.4) is 0 Å². The number of methoxy groups -OCH3 is 1. The lowest BCUT2D eigenvalue weighted by Crippen LogP contribution is -2.37. The molecule has 20 heavy (non-hydrogen) atoms. The van der Waals surface area contributed by atoms with E-state index in [2.05, 4.69) is 57.6 Å². The van der Waals surface area contributed by atoms with Gasteiger partial charge in [0.2, 0.25) is 0 Å². The number of halogens is 1. The van der Waals surface area contributed by atoms with Crippen molar-refractivity contribution < 1.29 is 4.74 Å². The van der Waals surface area contributed by atoms with Gasteiger partial charge >= 0.3 is 0 Å². The molecular weight excluding hydrogens is 314 g/mol. The van der Waals surface area contributed by atoms with Crippen LogP contribution in [0.5, 0.6) is 0 Å². The molecule has 1 aliphatic carbocycles. The number of hydrogen-bond donors (Lipinski definition) is 1. The predicted molar refractivity (Wildman–Crippen MR) is 88.3 cm³/mol. The Kier molecular flexibility index (Phi) is 4.27. The fourth-order valence-electron chi connectivity index (χ4n) is 3.06. The standard InChI is InChI=1S/C17H20BrNO/c1-20-17-5-3-2-4-16(17)19-15-9-7-12-10-14(18)8-6-13(12)11-15/h6-11,16-17,19H,2-5H2,1H3. The van der Waals surface area contributed by atoms with Crippen molar-refractivity contribution in [2.24, 2.45) is 0 Å². The van der Waals surface area contributed by atoms with Gasteiger partial charge in [0.25, 0.3) is 0 Å². The first-order chi connectivity index (χ1) is 9.76. The maximum Gasteiger partial charge on any atom is 0.0772 e. The molecule has 106 valence electrons. The zero-order chi connectivity index (χ0) is 13.9. The average molecular weight is 334 g/mol. The highest BCUT2D eigenvalue weighted by Crippen LogP contribution is 2.27. The maximum absolute atomic E-state index is 5.61. The van der Waals surface area contributed by atoms with E-state index in [1.165, 1.54) is 35.7 Å². The summed E-state index contributed by atoms with van der Waals surface area (Å²) in [5.41, 5.74) is 1.19. The number of fused-ring (bicyclic) bond motifs is 1. The Hall–Kier alpha value is -1.06. The second-order valence-electron chi connectivity index (χ2n) is 5.52. The molecule has 1 N–H and O–H groups in total. The number of hydrogen-bond acceptors (Lipinski definition) is 2. The smallest absolute Gasteiger partial charge is 0.0772 e. The lowest BCUT2D eigenvalue weighted by Gasteiger charge is -2.31. The van der Waals surface area contributed by atoms with E-state index in [9.17, 15) is 0 Å². The highest BCUT2D eigenvalue weighted by molar-refractivity contribution is 9.10. The van der Waals surface area contributed by atoms with Gasteiger partial charge in [-0.3, -0.25) is 0 Å². The van der Waals surface area contributed by atoms with E-state index in [0.717, 1.165) is 10.9 Å². The number of anilines is 1. The third-order valence-corrected chi connectivity index (χ3v) is 4.65. The molecule has 0 amide bonds. The largest absolute Gasteiger partial charge is 0.380 e. The number of benzene rings is 2. The van der Waals surface area contributed by atoms with Crippen LogP contribution in [0.4, 0.5) is 5.69 Å². The van der Waals surface area contributed by atoms with Crippen LogP contribution in [0, 0.1) is 0 Å². The molecular formula is C17H20BrNO. The normalized spacial score (nSPS) is 22.9. The molecule has 0 spiro atoms. The van der Waals surface area contributed by atoms with Gasteiger partial charge in [-0.15, -0.1) is 0 Å².